The van der Waals surface area contributed by atoms with Crippen molar-refractivity contribution in [1.82, 2.24) is 0 Å². The summed E-state index contributed by atoms with van der Waals surface area (Å²) in [4.78, 5) is 0. The minimum atomic E-state index is 0. The van der Waals surface area contributed by atoms with E-state index in [1.807, 2.05) is 0 Å². The molecule has 0 aromatic heterocycles. The van der Waals surface area contributed by atoms with Gasteiger partial charge in [-0.2, -0.15) is 0 Å². The first-order valence-corrected chi connectivity index (χ1v) is 2.63. The molecule has 1 fully saturated rings. The van der Waals surface area contributed by atoms with Gasteiger partial charge in [-0.3, -0.25) is 0 Å². The molecule has 0 radical (unpaired) electrons. The van der Waals surface area contributed by atoms with Crippen LogP contribution in [0.5, 0.6) is 0 Å². The largest absolute Gasteiger partial charge is 1.00 e. The van der Waals surface area contributed by atoms with Crippen LogP contribution in [-0.4, -0.2) is 0 Å². The fraction of sp³-hybridized carbons (Fsp3) is 0.667. The van der Waals surface area contributed by atoms with Crippen LogP contribution in [0.4, 0.5) is 0 Å². The second kappa shape index (κ2) is 8.19. The van der Waals surface area contributed by atoms with Crippen molar-refractivity contribution in [1.29, 1.82) is 0 Å². The third kappa shape index (κ3) is 5.33. The van der Waals surface area contributed by atoms with Gasteiger partial charge in [0.1, 0.15) is 0 Å². The Morgan fingerprint density at radius 2 is 0.875 bits per heavy atom. The molecule has 0 aromatic carbocycles. The minimum absolute atomic E-state index is 0. The normalized spacial score (nSPS) is 18.0. The Morgan fingerprint density at radius 3 is 1.00 bits per heavy atom. The van der Waals surface area contributed by atoms with Crippen LogP contribution < -0.4 is 37.7 Å². The van der Waals surface area contributed by atoms with E-state index < -0.39 is 0 Å². The third-order valence-corrected chi connectivity index (χ3v) is 1.15. The number of hydrogen-bond acceptors (Lipinski definition) is 0. The number of hydrogen-bond donors (Lipinski definition) is 0. The topological polar surface area (TPSA) is 0 Å². The van der Waals surface area contributed by atoms with Gasteiger partial charge >= 0.3 is 37.7 Å². The van der Waals surface area contributed by atoms with Crippen LogP contribution in [0.25, 0.3) is 0 Å². The molecule has 8 heavy (non-hydrogen) atoms. The van der Waals surface area contributed by atoms with E-state index in [4.69, 9.17) is 0 Å². The number of rotatable bonds is 0. The molecule has 0 bridgehead atoms. The van der Waals surface area contributed by atoms with Crippen LogP contribution in [-0.2, 0) is 0 Å². The van der Waals surface area contributed by atoms with Gasteiger partial charge in [0.25, 0.3) is 0 Å². The Bertz CT molecular complexity index is 22.0. The van der Waals surface area contributed by atoms with Gasteiger partial charge in [0.15, 0.2) is 0 Å². The molecule has 36 valence electrons. The molecule has 0 N–H and O–H groups in total. The monoisotopic (exact) mass is 96.1 g/mol. The summed E-state index contributed by atoms with van der Waals surface area (Å²) in [5, 5.41) is 0. The molecular weight excluding hydrogens is 85.9 g/mol. The second-order valence-corrected chi connectivity index (χ2v) is 1.73. The summed E-state index contributed by atoms with van der Waals surface area (Å²) >= 11 is 0. The summed E-state index contributed by atoms with van der Waals surface area (Å²) < 4.78 is 0. The Hall–Kier alpha value is 1.19. The van der Waals surface area contributed by atoms with E-state index in [1.54, 1.807) is 0 Å². The molecular formula is C6H10Li2. The summed E-state index contributed by atoms with van der Waals surface area (Å²) in [7, 11) is 0. The molecule has 0 unspecified atom stereocenters. The van der Waals surface area contributed by atoms with Crippen molar-refractivity contribution in [2.75, 3.05) is 0 Å². The van der Waals surface area contributed by atoms with Crippen molar-refractivity contribution in [3.63, 3.8) is 0 Å². The van der Waals surface area contributed by atoms with Crippen molar-refractivity contribution >= 4 is 0 Å². The molecule has 1 rings (SSSR count). The molecule has 0 atom stereocenters. The maximum absolute atomic E-state index is 2.36. The zero-order chi connectivity index (χ0) is 4.24. The summed E-state index contributed by atoms with van der Waals surface area (Å²) in [6, 6.07) is 0. The van der Waals surface area contributed by atoms with Crippen LogP contribution in [0, 0.1) is 12.8 Å². The Labute approximate surface area is 76.2 Å². The average molecular weight is 96.0 g/mol. The van der Waals surface area contributed by atoms with Crippen molar-refractivity contribution < 1.29 is 37.7 Å². The minimum Gasteiger partial charge on any atom is -0.333 e. The smallest absolute Gasteiger partial charge is 0.333 e. The van der Waals surface area contributed by atoms with E-state index in [2.05, 4.69) is 12.8 Å². The molecule has 0 saturated heterocycles. The standard InChI is InChI=1S/C6H10.2Li/c1-2-4-6-5-3-1;;/h1,6H,2-5H2;;/q-2;2*+1. The van der Waals surface area contributed by atoms with Gasteiger partial charge in [0.2, 0.25) is 0 Å². The Balaban J connectivity index is 0. The van der Waals surface area contributed by atoms with Crippen molar-refractivity contribution in [2.45, 2.75) is 25.7 Å². The van der Waals surface area contributed by atoms with Crippen LogP contribution in [0.3, 0.4) is 0 Å². The summed E-state index contributed by atoms with van der Waals surface area (Å²) in [5.41, 5.74) is 0. The quantitative estimate of drug-likeness (QED) is 0.213. The van der Waals surface area contributed by atoms with Gasteiger partial charge in [0.05, 0.1) is 0 Å². The first kappa shape index (κ1) is 11.9. The predicted octanol–water partition coefficient (Wildman–Crippen LogP) is -4.02. The molecule has 1 aliphatic rings. The molecule has 0 nitrogen and oxygen atoms in total. The van der Waals surface area contributed by atoms with E-state index in [0.29, 0.717) is 0 Å². The molecule has 0 heterocycles. The van der Waals surface area contributed by atoms with Crippen molar-refractivity contribution in [3.8, 4) is 0 Å². The predicted molar refractivity (Wildman–Crippen MR) is 27.1 cm³/mol. The molecule has 1 aliphatic carbocycles. The SMILES string of the molecule is [CH-]1CC[CH-]CC1.[Li+].[Li+]. The second-order valence-electron chi connectivity index (χ2n) is 1.73. The van der Waals surface area contributed by atoms with Gasteiger partial charge in [0, 0.05) is 0 Å². The van der Waals surface area contributed by atoms with Gasteiger partial charge in [-0.25, -0.2) is 25.7 Å². The van der Waals surface area contributed by atoms with Gasteiger partial charge in [-0.1, -0.05) is 0 Å². The van der Waals surface area contributed by atoms with Crippen molar-refractivity contribution in [2.24, 2.45) is 0 Å². The molecule has 2 heteroatoms. The summed E-state index contributed by atoms with van der Waals surface area (Å²) in [5.74, 6) is 0. The molecule has 0 spiro atoms. The van der Waals surface area contributed by atoms with E-state index in [9.17, 15) is 0 Å². The van der Waals surface area contributed by atoms with Crippen LogP contribution in [0.15, 0.2) is 0 Å². The summed E-state index contributed by atoms with van der Waals surface area (Å²) in [6.07, 6.45) is 10.0. The van der Waals surface area contributed by atoms with E-state index in [0.717, 1.165) is 0 Å². The van der Waals surface area contributed by atoms with Gasteiger partial charge in [-0.15, -0.1) is 0 Å². The van der Waals surface area contributed by atoms with E-state index >= 15 is 0 Å². The maximum atomic E-state index is 2.36. The van der Waals surface area contributed by atoms with E-state index in [1.165, 1.54) is 25.7 Å². The summed E-state index contributed by atoms with van der Waals surface area (Å²) in [6.45, 7) is 0. The zero-order valence-corrected chi connectivity index (χ0v) is 5.98. The first-order chi connectivity index (χ1) is 3.00. The third-order valence-electron chi connectivity index (χ3n) is 1.15. The molecule has 1 saturated carbocycles. The molecule has 0 aliphatic heterocycles. The fourth-order valence-electron chi connectivity index (χ4n) is 0.760. The van der Waals surface area contributed by atoms with E-state index in [-0.39, 0.29) is 37.7 Å². The molecule has 0 amide bonds. The Morgan fingerprint density at radius 1 is 0.625 bits per heavy atom. The molecule has 0 aromatic rings. The maximum Gasteiger partial charge on any atom is 1.00 e. The van der Waals surface area contributed by atoms with Gasteiger partial charge in [-0.05, 0) is 0 Å². The van der Waals surface area contributed by atoms with Crippen molar-refractivity contribution in [3.05, 3.63) is 12.8 Å². The average Bonchev–Trinajstić information content (AvgIpc) is 1.72. The Kier molecular flexibility index (Phi) is 12.2. The van der Waals surface area contributed by atoms with Gasteiger partial charge < -0.3 is 12.8 Å². The van der Waals surface area contributed by atoms with Crippen LogP contribution in [0.1, 0.15) is 25.7 Å². The van der Waals surface area contributed by atoms with Crippen LogP contribution in [0.2, 0.25) is 0 Å². The van der Waals surface area contributed by atoms with Crippen LogP contribution >= 0.6 is 0 Å². The fourth-order valence-corrected chi connectivity index (χ4v) is 0.760. The first-order valence-electron chi connectivity index (χ1n) is 2.63. The zero-order valence-electron chi connectivity index (χ0n) is 5.98.